The summed E-state index contributed by atoms with van der Waals surface area (Å²) >= 11 is 15.6. The molecule has 1 aliphatic heterocycles. The zero-order valence-electron chi connectivity index (χ0n) is 17.6. The number of rotatable bonds is 6. The molecular weight excluding hydrogens is 491 g/mol. The number of benzene rings is 1. The van der Waals surface area contributed by atoms with Gasteiger partial charge in [-0.15, -0.1) is 16.4 Å². The van der Waals surface area contributed by atoms with Crippen LogP contribution in [0.4, 0.5) is 0 Å². The smallest absolute Gasteiger partial charge is 0.302 e. The van der Waals surface area contributed by atoms with Gasteiger partial charge in [-0.05, 0) is 18.2 Å². The zero-order chi connectivity index (χ0) is 22.8. The van der Waals surface area contributed by atoms with Gasteiger partial charge in [0.25, 0.3) is 0 Å². The number of nitrogens with zero attached hydrogens (tertiary/aromatic N) is 4. The molecule has 0 bridgehead atoms. The van der Waals surface area contributed by atoms with E-state index in [-0.39, 0.29) is 42.0 Å². The summed E-state index contributed by atoms with van der Waals surface area (Å²) in [5, 5.41) is 12.7. The zero-order valence-corrected chi connectivity index (χ0v) is 20.8. The second-order valence-corrected chi connectivity index (χ2v) is 10.5. The highest BCUT2D eigenvalue weighted by Crippen LogP contribution is 2.46. The van der Waals surface area contributed by atoms with Crippen molar-refractivity contribution in [2.45, 2.75) is 43.2 Å². The van der Waals surface area contributed by atoms with E-state index in [1.165, 1.54) is 30.0 Å². The molecule has 4 rings (SSSR count). The van der Waals surface area contributed by atoms with E-state index in [4.69, 9.17) is 32.7 Å². The molecule has 1 fully saturated rings. The molecule has 1 aromatic carbocycles. The molecule has 170 valence electrons. The summed E-state index contributed by atoms with van der Waals surface area (Å²) in [4.78, 5) is 16.6. The fourth-order valence-electron chi connectivity index (χ4n) is 3.85. The number of halogens is 2. The van der Waals surface area contributed by atoms with Crippen LogP contribution in [-0.4, -0.2) is 44.1 Å². The largest absolute Gasteiger partial charge is 0.463 e. The maximum atomic E-state index is 11.4. The van der Waals surface area contributed by atoms with Gasteiger partial charge in [-0.2, -0.15) is 0 Å². The number of ether oxygens (including phenoxy) is 2. The first kappa shape index (κ1) is 23.5. The number of hydrogen-bond acceptors (Lipinski definition) is 8. The van der Waals surface area contributed by atoms with Crippen molar-refractivity contribution in [1.29, 1.82) is 0 Å². The lowest BCUT2D eigenvalue weighted by molar-refractivity contribution is -0.156. The quantitative estimate of drug-likeness (QED) is 0.397. The molecule has 0 radical (unpaired) electrons. The Labute approximate surface area is 204 Å². The van der Waals surface area contributed by atoms with E-state index in [1.54, 1.807) is 18.3 Å². The number of carbonyl (C=O) groups is 1. The predicted octanol–water partition coefficient (Wildman–Crippen LogP) is 5.60. The van der Waals surface area contributed by atoms with Crippen molar-refractivity contribution < 1.29 is 14.3 Å². The van der Waals surface area contributed by atoms with Crippen molar-refractivity contribution in [3.05, 3.63) is 46.0 Å². The number of thioether (sulfide) groups is 1. The lowest BCUT2D eigenvalue weighted by Crippen LogP contribution is -2.47. The van der Waals surface area contributed by atoms with Crippen LogP contribution in [0.15, 0.2) is 40.9 Å². The molecular formula is C21H22Cl2N4O3S2. The normalized spacial score (nSPS) is 25.6. The van der Waals surface area contributed by atoms with Gasteiger partial charge in [-0.3, -0.25) is 4.79 Å². The summed E-state index contributed by atoms with van der Waals surface area (Å²) in [6.45, 7) is 5.74. The molecule has 0 aliphatic carbocycles. The second-order valence-electron chi connectivity index (χ2n) is 7.67. The van der Waals surface area contributed by atoms with Crippen LogP contribution < -0.4 is 0 Å². The molecule has 2 aromatic heterocycles. The molecule has 0 N–H and O–H groups in total. The van der Waals surface area contributed by atoms with E-state index >= 15 is 0 Å². The Bertz CT molecular complexity index is 1080. The van der Waals surface area contributed by atoms with Crippen molar-refractivity contribution in [3.63, 3.8) is 0 Å². The summed E-state index contributed by atoms with van der Waals surface area (Å²) in [6, 6.07) is 5.31. The molecule has 3 aromatic rings. The van der Waals surface area contributed by atoms with Crippen LogP contribution in [0.2, 0.25) is 10.0 Å². The van der Waals surface area contributed by atoms with Gasteiger partial charge in [0.15, 0.2) is 0 Å². The first-order valence-corrected chi connectivity index (χ1v) is 12.6. The van der Waals surface area contributed by atoms with Crippen molar-refractivity contribution in [2.75, 3.05) is 6.61 Å². The van der Waals surface area contributed by atoms with Crippen LogP contribution in [0.1, 0.15) is 26.8 Å². The SMILES string of the molecule is CC(=O)OCC1O[C@H](Sc2cc(Cl)ccc2Cl)C(C)[C@@H](n2cc(-c3nccs3)nn2)[C@H]1C. The highest BCUT2D eigenvalue weighted by atomic mass is 35.5. The fourth-order valence-corrected chi connectivity index (χ4v) is 6.12. The predicted molar refractivity (Wildman–Crippen MR) is 126 cm³/mol. The van der Waals surface area contributed by atoms with E-state index in [1.807, 2.05) is 22.3 Å². The van der Waals surface area contributed by atoms with Crippen LogP contribution >= 0.6 is 46.3 Å². The molecule has 0 spiro atoms. The molecule has 7 nitrogen and oxygen atoms in total. The molecule has 3 heterocycles. The van der Waals surface area contributed by atoms with Gasteiger partial charge in [0.2, 0.25) is 0 Å². The molecule has 5 atom stereocenters. The summed E-state index contributed by atoms with van der Waals surface area (Å²) in [7, 11) is 0. The van der Waals surface area contributed by atoms with Crippen LogP contribution in [0, 0.1) is 11.8 Å². The second kappa shape index (κ2) is 10.1. The molecule has 11 heteroatoms. The summed E-state index contributed by atoms with van der Waals surface area (Å²) in [6.07, 6.45) is 3.34. The molecule has 32 heavy (non-hydrogen) atoms. The van der Waals surface area contributed by atoms with E-state index in [0.717, 1.165) is 15.6 Å². The maximum Gasteiger partial charge on any atom is 0.302 e. The molecule has 0 amide bonds. The standard InChI is InChI=1S/C21H22Cl2N4O3S2/c1-11-17(10-29-13(3)28)30-21(32-18-8-14(22)4-5-15(18)23)12(2)19(11)27-9-16(25-26-27)20-24-6-7-31-20/h4-9,11-12,17,19,21H,10H2,1-3H3/t11-,12?,17?,19-,21+/m0/s1. The molecule has 1 aliphatic rings. The van der Waals surface area contributed by atoms with Crippen LogP contribution in [0.3, 0.4) is 0 Å². The summed E-state index contributed by atoms with van der Waals surface area (Å²) in [5.41, 5.74) is 0.463. The lowest BCUT2D eigenvalue weighted by atomic mass is 9.84. The van der Waals surface area contributed by atoms with Crippen LogP contribution in [-0.2, 0) is 14.3 Å². The average Bonchev–Trinajstić information content (AvgIpc) is 3.44. The first-order valence-electron chi connectivity index (χ1n) is 10.1. The number of esters is 1. The Morgan fingerprint density at radius 1 is 1.31 bits per heavy atom. The van der Waals surface area contributed by atoms with Crippen molar-refractivity contribution >= 4 is 52.3 Å². The Kier molecular flexibility index (Phi) is 7.41. The third-order valence-corrected chi connectivity index (χ3v) is 8.29. The van der Waals surface area contributed by atoms with Crippen molar-refractivity contribution in [2.24, 2.45) is 11.8 Å². The summed E-state index contributed by atoms with van der Waals surface area (Å²) < 4.78 is 13.6. The van der Waals surface area contributed by atoms with Crippen molar-refractivity contribution in [3.8, 4) is 10.7 Å². The van der Waals surface area contributed by atoms with Gasteiger partial charge in [-0.1, -0.05) is 54.0 Å². The monoisotopic (exact) mass is 512 g/mol. The average molecular weight is 513 g/mol. The van der Waals surface area contributed by atoms with E-state index in [2.05, 4.69) is 29.1 Å². The maximum absolute atomic E-state index is 11.4. The fraction of sp³-hybridized carbons (Fsp3) is 0.429. The minimum Gasteiger partial charge on any atom is -0.463 e. The minimum atomic E-state index is -0.343. The van der Waals surface area contributed by atoms with E-state index in [9.17, 15) is 4.79 Å². The highest BCUT2D eigenvalue weighted by Gasteiger charge is 2.44. The number of thiazole rings is 1. The van der Waals surface area contributed by atoms with Gasteiger partial charge >= 0.3 is 5.97 Å². The number of carbonyl (C=O) groups excluding carboxylic acids is 1. The minimum absolute atomic E-state index is 0.0156. The van der Waals surface area contributed by atoms with E-state index < -0.39 is 0 Å². The van der Waals surface area contributed by atoms with Gasteiger partial charge in [0, 0.05) is 40.3 Å². The lowest BCUT2D eigenvalue weighted by Gasteiger charge is -2.44. The number of hydrogen-bond donors (Lipinski definition) is 0. The highest BCUT2D eigenvalue weighted by molar-refractivity contribution is 7.99. The Balaban J connectivity index is 1.64. The van der Waals surface area contributed by atoms with Gasteiger partial charge in [0.05, 0.1) is 23.4 Å². The third kappa shape index (κ3) is 5.12. The summed E-state index contributed by atoms with van der Waals surface area (Å²) in [5.74, 6) is -0.281. The third-order valence-electron chi connectivity index (χ3n) is 5.46. The van der Waals surface area contributed by atoms with Crippen molar-refractivity contribution in [1.82, 2.24) is 20.0 Å². The Hall–Kier alpha value is -1.65. The topological polar surface area (TPSA) is 79.1 Å². The molecule has 2 unspecified atom stereocenters. The van der Waals surface area contributed by atoms with Crippen LogP contribution in [0.5, 0.6) is 0 Å². The van der Waals surface area contributed by atoms with Gasteiger partial charge in [0.1, 0.15) is 22.7 Å². The molecule has 1 saturated heterocycles. The van der Waals surface area contributed by atoms with Gasteiger partial charge < -0.3 is 9.47 Å². The Morgan fingerprint density at radius 2 is 2.12 bits per heavy atom. The number of aromatic nitrogens is 4. The first-order chi connectivity index (χ1) is 15.3. The van der Waals surface area contributed by atoms with Crippen LogP contribution in [0.25, 0.3) is 10.7 Å². The Morgan fingerprint density at radius 3 is 2.84 bits per heavy atom. The molecule has 0 saturated carbocycles. The van der Waals surface area contributed by atoms with Gasteiger partial charge in [-0.25, -0.2) is 9.67 Å². The van der Waals surface area contributed by atoms with E-state index in [0.29, 0.717) is 10.0 Å².